The van der Waals surface area contributed by atoms with E-state index in [1.54, 1.807) is 11.9 Å². The number of likely N-dealkylation sites (N-methyl/N-ethyl adjacent to an activating group) is 2. The van der Waals surface area contributed by atoms with Crippen LogP contribution in [0.4, 0.5) is 0 Å². The van der Waals surface area contributed by atoms with Gasteiger partial charge in [-0.3, -0.25) is 4.57 Å². The van der Waals surface area contributed by atoms with Crippen molar-refractivity contribution in [2.24, 2.45) is 0 Å². The molecule has 0 saturated heterocycles. The molecule has 4 heteroatoms. The molecule has 1 heterocycles. The standard InChI is InChI=1S/C8H15N2OP/c1-4-6-9(2)12(11)8-5-7-10(12)3/h4-5,8H,1,6-7H2,2-3H3. The van der Waals surface area contributed by atoms with E-state index in [1.165, 1.54) is 0 Å². The Morgan fingerprint density at radius 1 is 1.83 bits per heavy atom. The van der Waals surface area contributed by atoms with Crippen molar-refractivity contribution in [3.8, 4) is 0 Å². The van der Waals surface area contributed by atoms with Crippen LogP contribution >= 0.6 is 7.44 Å². The zero-order valence-corrected chi connectivity index (χ0v) is 8.50. The van der Waals surface area contributed by atoms with Crippen LogP contribution in [0.2, 0.25) is 0 Å². The van der Waals surface area contributed by atoms with Crippen LogP contribution in [0.15, 0.2) is 24.5 Å². The van der Waals surface area contributed by atoms with Crippen molar-refractivity contribution in [2.75, 3.05) is 27.2 Å². The number of hydrogen-bond donors (Lipinski definition) is 0. The molecule has 0 aromatic carbocycles. The van der Waals surface area contributed by atoms with Gasteiger partial charge < -0.3 is 0 Å². The number of rotatable bonds is 3. The Bertz CT molecular complexity index is 249. The molecule has 0 N–H and O–H groups in total. The third-order valence-corrected chi connectivity index (χ3v) is 4.92. The molecule has 3 nitrogen and oxygen atoms in total. The van der Waals surface area contributed by atoms with E-state index >= 15 is 0 Å². The van der Waals surface area contributed by atoms with Crippen LogP contribution < -0.4 is 0 Å². The van der Waals surface area contributed by atoms with Gasteiger partial charge in [-0.1, -0.05) is 12.2 Å². The first-order chi connectivity index (χ1) is 5.61. The second-order valence-electron chi connectivity index (χ2n) is 2.94. The van der Waals surface area contributed by atoms with E-state index in [2.05, 4.69) is 6.58 Å². The molecule has 0 bridgehead atoms. The Morgan fingerprint density at radius 2 is 2.50 bits per heavy atom. The molecule has 1 rings (SSSR count). The summed E-state index contributed by atoms with van der Waals surface area (Å²) >= 11 is 0. The Labute approximate surface area is 73.8 Å². The number of hydrogen-bond acceptors (Lipinski definition) is 1. The maximum atomic E-state index is 12.2. The van der Waals surface area contributed by atoms with Crippen molar-refractivity contribution < 1.29 is 4.57 Å². The normalized spacial score (nSPS) is 29.9. The van der Waals surface area contributed by atoms with Crippen LogP contribution in [-0.4, -0.2) is 36.5 Å². The smallest absolute Gasteiger partial charge is 0.238 e. The van der Waals surface area contributed by atoms with E-state index in [0.717, 1.165) is 6.54 Å². The van der Waals surface area contributed by atoms with Crippen molar-refractivity contribution in [3.05, 3.63) is 24.5 Å². The highest BCUT2D eigenvalue weighted by atomic mass is 31.2. The van der Waals surface area contributed by atoms with Crippen molar-refractivity contribution in [1.29, 1.82) is 0 Å². The van der Waals surface area contributed by atoms with Crippen molar-refractivity contribution in [2.45, 2.75) is 0 Å². The van der Waals surface area contributed by atoms with Crippen LogP contribution in [-0.2, 0) is 4.57 Å². The Hall–Kier alpha value is -0.370. The zero-order chi connectivity index (χ0) is 9.19. The third-order valence-electron chi connectivity index (χ3n) is 2.04. The predicted octanol–water partition coefficient (Wildman–Crippen LogP) is 1.76. The average molecular weight is 186 g/mol. The van der Waals surface area contributed by atoms with Crippen LogP contribution in [0.1, 0.15) is 0 Å². The van der Waals surface area contributed by atoms with E-state index in [1.807, 2.05) is 29.5 Å². The molecule has 0 aromatic rings. The van der Waals surface area contributed by atoms with Gasteiger partial charge in [0.15, 0.2) is 0 Å². The molecule has 0 aliphatic carbocycles. The first-order valence-electron chi connectivity index (χ1n) is 3.93. The lowest BCUT2D eigenvalue weighted by atomic mass is 10.6. The fourth-order valence-electron chi connectivity index (χ4n) is 1.25. The van der Waals surface area contributed by atoms with E-state index in [4.69, 9.17) is 0 Å². The number of nitrogens with zero attached hydrogens (tertiary/aromatic N) is 2. The summed E-state index contributed by atoms with van der Waals surface area (Å²) in [4.78, 5) is 0. The summed E-state index contributed by atoms with van der Waals surface area (Å²) < 4.78 is 15.9. The zero-order valence-electron chi connectivity index (χ0n) is 7.60. The maximum Gasteiger partial charge on any atom is 0.238 e. The molecular formula is C8H15N2OP. The summed E-state index contributed by atoms with van der Waals surface area (Å²) in [5.74, 6) is 1.80. The maximum absolute atomic E-state index is 12.2. The molecule has 0 amide bonds. The summed E-state index contributed by atoms with van der Waals surface area (Å²) in [5, 5.41) is 0. The van der Waals surface area contributed by atoms with Crippen molar-refractivity contribution in [1.82, 2.24) is 9.34 Å². The quantitative estimate of drug-likeness (QED) is 0.495. The molecule has 0 fully saturated rings. The van der Waals surface area contributed by atoms with E-state index in [0.29, 0.717) is 6.54 Å². The summed E-state index contributed by atoms with van der Waals surface area (Å²) in [5.41, 5.74) is 0. The summed E-state index contributed by atoms with van der Waals surface area (Å²) in [6, 6.07) is 0. The van der Waals surface area contributed by atoms with Gasteiger partial charge in [0, 0.05) is 18.9 Å². The van der Waals surface area contributed by atoms with Gasteiger partial charge in [0.05, 0.1) is 0 Å². The van der Waals surface area contributed by atoms with Crippen LogP contribution in [0, 0.1) is 0 Å². The molecule has 1 unspecified atom stereocenters. The Morgan fingerprint density at radius 3 is 2.92 bits per heavy atom. The molecular weight excluding hydrogens is 171 g/mol. The molecule has 0 radical (unpaired) electrons. The van der Waals surface area contributed by atoms with Gasteiger partial charge in [-0.25, -0.2) is 9.34 Å². The lowest BCUT2D eigenvalue weighted by Crippen LogP contribution is -2.22. The lowest BCUT2D eigenvalue weighted by molar-refractivity contribution is 0.437. The molecule has 0 spiro atoms. The SMILES string of the molecule is C=CCN(C)P1(=O)C=CCN1C. The first kappa shape index (κ1) is 9.72. The van der Waals surface area contributed by atoms with E-state index < -0.39 is 7.44 Å². The molecule has 1 aliphatic heterocycles. The molecule has 68 valence electrons. The third kappa shape index (κ3) is 1.53. The second kappa shape index (κ2) is 3.56. The fourth-order valence-corrected chi connectivity index (χ4v) is 3.27. The Kier molecular flexibility index (Phi) is 2.89. The van der Waals surface area contributed by atoms with Gasteiger partial charge in [0.2, 0.25) is 7.44 Å². The molecule has 1 atom stereocenters. The van der Waals surface area contributed by atoms with Crippen LogP contribution in [0.25, 0.3) is 0 Å². The monoisotopic (exact) mass is 186 g/mol. The topological polar surface area (TPSA) is 23.6 Å². The fraction of sp³-hybridized carbons (Fsp3) is 0.500. The first-order valence-corrected chi connectivity index (χ1v) is 5.61. The lowest BCUT2D eigenvalue weighted by Gasteiger charge is -2.27. The van der Waals surface area contributed by atoms with Gasteiger partial charge in [0.25, 0.3) is 0 Å². The van der Waals surface area contributed by atoms with Gasteiger partial charge in [-0.05, 0) is 14.1 Å². The predicted molar refractivity (Wildman–Crippen MR) is 52.2 cm³/mol. The van der Waals surface area contributed by atoms with E-state index in [9.17, 15) is 4.57 Å². The highest BCUT2D eigenvalue weighted by Crippen LogP contribution is 2.55. The van der Waals surface area contributed by atoms with Crippen molar-refractivity contribution in [3.63, 3.8) is 0 Å². The van der Waals surface area contributed by atoms with Crippen LogP contribution in [0.3, 0.4) is 0 Å². The van der Waals surface area contributed by atoms with Gasteiger partial charge in [-0.15, -0.1) is 6.58 Å². The molecule has 12 heavy (non-hydrogen) atoms. The average Bonchev–Trinajstić information content (AvgIpc) is 2.34. The Balaban J connectivity index is 2.77. The van der Waals surface area contributed by atoms with Crippen LogP contribution in [0.5, 0.6) is 0 Å². The molecule has 1 aliphatic rings. The summed E-state index contributed by atoms with van der Waals surface area (Å²) in [7, 11) is 1.38. The minimum absolute atomic E-state index is 0.659. The molecule has 0 saturated carbocycles. The second-order valence-corrected chi connectivity index (χ2v) is 5.78. The summed E-state index contributed by atoms with van der Waals surface area (Å²) in [6.07, 6.45) is 3.71. The van der Waals surface area contributed by atoms with Gasteiger partial charge in [-0.2, -0.15) is 0 Å². The highest BCUT2D eigenvalue weighted by Gasteiger charge is 2.31. The summed E-state index contributed by atoms with van der Waals surface area (Å²) in [6.45, 7) is 5.06. The van der Waals surface area contributed by atoms with E-state index in [-0.39, 0.29) is 0 Å². The highest BCUT2D eigenvalue weighted by molar-refractivity contribution is 7.62. The van der Waals surface area contributed by atoms with Crippen molar-refractivity contribution >= 4 is 7.44 Å². The minimum atomic E-state index is -2.35. The van der Waals surface area contributed by atoms with Gasteiger partial charge >= 0.3 is 0 Å². The largest absolute Gasteiger partial charge is 0.284 e. The minimum Gasteiger partial charge on any atom is -0.284 e. The van der Waals surface area contributed by atoms with Gasteiger partial charge in [0.1, 0.15) is 0 Å². The molecule has 0 aromatic heterocycles.